The van der Waals surface area contributed by atoms with Crippen LogP contribution in [-0.4, -0.2) is 15.0 Å². The minimum absolute atomic E-state index is 0.363. The van der Waals surface area contributed by atoms with Gasteiger partial charge >= 0.3 is 0 Å². The van der Waals surface area contributed by atoms with Gasteiger partial charge in [0.1, 0.15) is 11.6 Å². The maximum atomic E-state index is 15.4. The van der Waals surface area contributed by atoms with Crippen LogP contribution in [0.2, 0.25) is 0 Å². The number of fused-ring (bicyclic) bond motifs is 2. The molecule has 9 rings (SSSR count). The van der Waals surface area contributed by atoms with E-state index >= 15 is 4.57 Å². The Morgan fingerprint density at radius 3 is 1.20 bits per heavy atom. The predicted molar refractivity (Wildman–Crippen MR) is 216 cm³/mol. The van der Waals surface area contributed by atoms with Gasteiger partial charge in [0.05, 0.1) is 0 Å². The molecule has 8 aromatic carbocycles. The normalized spacial score (nSPS) is 11.6. The van der Waals surface area contributed by atoms with Gasteiger partial charge in [-0.25, -0.2) is 23.7 Å². The highest BCUT2D eigenvalue weighted by atomic mass is 31.2. The van der Waals surface area contributed by atoms with Gasteiger partial charge in [0.15, 0.2) is 24.6 Å². The minimum Gasteiger partial charge on any atom is -0.309 e. The molecule has 7 heteroatoms. The van der Waals surface area contributed by atoms with Crippen molar-refractivity contribution in [2.75, 3.05) is 0 Å². The first-order valence-corrected chi connectivity index (χ1v) is 19.2. The van der Waals surface area contributed by atoms with E-state index in [1.807, 2.05) is 97.1 Å². The van der Waals surface area contributed by atoms with Crippen molar-refractivity contribution in [2.45, 2.75) is 0 Å². The summed E-state index contributed by atoms with van der Waals surface area (Å²) in [6, 6.07) is 55.8. The molecule has 1 heterocycles. The zero-order valence-electron chi connectivity index (χ0n) is 28.8. The zero-order chi connectivity index (χ0) is 36.6. The summed E-state index contributed by atoms with van der Waals surface area (Å²) in [6.07, 6.45) is 0. The van der Waals surface area contributed by atoms with Crippen LogP contribution in [0.5, 0.6) is 0 Å². The largest absolute Gasteiger partial charge is 0.309 e. The molecule has 0 saturated carbocycles. The highest BCUT2D eigenvalue weighted by Crippen LogP contribution is 2.46. The molecule has 0 unspecified atom stereocenters. The molecule has 0 atom stereocenters. The molecule has 1 aromatic heterocycles. The van der Waals surface area contributed by atoms with E-state index in [4.69, 9.17) is 15.0 Å². The highest BCUT2D eigenvalue weighted by molar-refractivity contribution is 7.85. The van der Waals surface area contributed by atoms with Gasteiger partial charge in [-0.2, -0.15) is 0 Å². The van der Waals surface area contributed by atoms with Crippen molar-refractivity contribution in [1.82, 2.24) is 15.0 Å². The fourth-order valence-corrected chi connectivity index (χ4v) is 9.90. The van der Waals surface area contributed by atoms with Crippen LogP contribution in [0.15, 0.2) is 182 Å². The van der Waals surface area contributed by atoms with E-state index in [1.54, 1.807) is 24.3 Å². The molecule has 0 aliphatic heterocycles. The van der Waals surface area contributed by atoms with Crippen molar-refractivity contribution in [3.05, 3.63) is 194 Å². The standard InChI is InChI=1S/C47H30F2N3OP/c48-34-26-22-31(23-27-34)45-50-46(32-24-28-35(49)29-25-32)52-47(51-45)44-41-20-9-7-18-39(41)43(40-19-8-10-21-42(40)44)33-12-11-17-38(30-33)54(53,36-13-3-1-4-14-36)37-15-5-2-6-16-37/h1-30H. The Hall–Kier alpha value is -6.62. The van der Waals surface area contributed by atoms with Crippen LogP contribution in [0, 0.1) is 11.6 Å². The van der Waals surface area contributed by atoms with E-state index in [2.05, 4.69) is 36.4 Å². The van der Waals surface area contributed by atoms with E-state index < -0.39 is 7.14 Å². The molecule has 258 valence electrons. The summed E-state index contributed by atoms with van der Waals surface area (Å²) in [7, 11) is -3.25. The summed E-state index contributed by atoms with van der Waals surface area (Å²) in [6.45, 7) is 0. The molecule has 0 aliphatic rings. The first kappa shape index (κ1) is 33.2. The average Bonchev–Trinajstić information content (AvgIpc) is 3.23. The second kappa shape index (κ2) is 13.7. The third kappa shape index (κ3) is 5.87. The second-order valence-corrected chi connectivity index (χ2v) is 15.8. The Labute approximate surface area is 310 Å². The van der Waals surface area contributed by atoms with Gasteiger partial charge in [-0.3, -0.25) is 0 Å². The van der Waals surface area contributed by atoms with E-state index in [9.17, 15) is 8.78 Å². The SMILES string of the molecule is O=P(c1ccccc1)(c1ccccc1)c1cccc(-c2c3ccccc3c(-c3nc(-c4ccc(F)cc4)nc(-c4ccc(F)cc4)n3)c3ccccc23)c1. The van der Waals surface area contributed by atoms with Crippen molar-refractivity contribution in [1.29, 1.82) is 0 Å². The van der Waals surface area contributed by atoms with E-state index in [0.717, 1.165) is 54.1 Å². The maximum Gasteiger partial charge on any atom is 0.171 e. The lowest BCUT2D eigenvalue weighted by Gasteiger charge is -2.22. The summed E-state index contributed by atoms with van der Waals surface area (Å²) in [5, 5.41) is 6.01. The molecular weight excluding hydrogens is 692 g/mol. The number of nitrogens with zero attached hydrogens (tertiary/aromatic N) is 3. The molecule has 0 amide bonds. The molecular formula is C47H30F2N3OP. The fraction of sp³-hybridized carbons (Fsp3) is 0. The molecule has 0 N–H and O–H groups in total. The third-order valence-corrected chi connectivity index (χ3v) is 12.8. The smallest absolute Gasteiger partial charge is 0.171 e. The van der Waals surface area contributed by atoms with Gasteiger partial charge < -0.3 is 4.57 Å². The topological polar surface area (TPSA) is 55.7 Å². The van der Waals surface area contributed by atoms with Gasteiger partial charge in [-0.1, -0.05) is 127 Å². The van der Waals surface area contributed by atoms with Crippen LogP contribution in [0.1, 0.15) is 0 Å². The second-order valence-electron chi connectivity index (χ2n) is 13.0. The lowest BCUT2D eigenvalue weighted by atomic mass is 9.88. The van der Waals surface area contributed by atoms with E-state index in [1.165, 1.54) is 24.3 Å². The molecule has 0 saturated heterocycles. The summed E-state index contributed by atoms with van der Waals surface area (Å²) in [4.78, 5) is 14.8. The lowest BCUT2D eigenvalue weighted by molar-refractivity contribution is 0.592. The molecule has 0 spiro atoms. The van der Waals surface area contributed by atoms with Crippen LogP contribution < -0.4 is 15.9 Å². The quantitative estimate of drug-likeness (QED) is 0.121. The van der Waals surface area contributed by atoms with Gasteiger partial charge in [0.25, 0.3) is 0 Å². The highest BCUT2D eigenvalue weighted by Gasteiger charge is 2.30. The number of halogens is 2. The Balaban J connectivity index is 1.31. The summed E-state index contributed by atoms with van der Waals surface area (Å²) in [5.74, 6) is 0.414. The Kier molecular flexibility index (Phi) is 8.45. The number of hydrogen-bond acceptors (Lipinski definition) is 4. The molecule has 54 heavy (non-hydrogen) atoms. The zero-order valence-corrected chi connectivity index (χ0v) is 29.7. The van der Waals surface area contributed by atoms with Crippen LogP contribution in [0.3, 0.4) is 0 Å². The lowest BCUT2D eigenvalue weighted by Crippen LogP contribution is -2.25. The average molecular weight is 722 g/mol. The summed E-state index contributed by atoms with van der Waals surface area (Å²) >= 11 is 0. The van der Waals surface area contributed by atoms with Crippen LogP contribution in [0.4, 0.5) is 8.78 Å². The van der Waals surface area contributed by atoms with Crippen molar-refractivity contribution in [3.63, 3.8) is 0 Å². The summed E-state index contributed by atoms with van der Waals surface area (Å²) < 4.78 is 43.5. The first-order chi connectivity index (χ1) is 26.5. The monoisotopic (exact) mass is 721 g/mol. The van der Waals surface area contributed by atoms with Gasteiger partial charge in [0, 0.05) is 32.6 Å². The van der Waals surface area contributed by atoms with Crippen molar-refractivity contribution in [3.8, 4) is 45.3 Å². The van der Waals surface area contributed by atoms with Crippen LogP contribution >= 0.6 is 7.14 Å². The number of benzene rings is 8. The Bertz CT molecular complexity index is 2700. The first-order valence-electron chi connectivity index (χ1n) is 17.5. The van der Waals surface area contributed by atoms with Crippen molar-refractivity contribution >= 4 is 44.6 Å². The van der Waals surface area contributed by atoms with E-state index in [-0.39, 0.29) is 11.6 Å². The van der Waals surface area contributed by atoms with Gasteiger partial charge in [-0.05, 0) is 87.3 Å². The fourth-order valence-electron chi connectivity index (χ4n) is 7.20. The van der Waals surface area contributed by atoms with Crippen LogP contribution in [-0.2, 0) is 4.57 Å². The predicted octanol–water partition coefficient (Wildman–Crippen LogP) is 10.8. The third-order valence-electron chi connectivity index (χ3n) is 9.73. The summed E-state index contributed by atoms with van der Waals surface area (Å²) in [5.41, 5.74) is 3.95. The number of rotatable bonds is 7. The molecule has 9 aromatic rings. The minimum atomic E-state index is -3.25. The Morgan fingerprint density at radius 1 is 0.352 bits per heavy atom. The molecule has 0 radical (unpaired) electrons. The number of hydrogen-bond donors (Lipinski definition) is 0. The van der Waals surface area contributed by atoms with Crippen molar-refractivity contribution < 1.29 is 13.3 Å². The van der Waals surface area contributed by atoms with Crippen molar-refractivity contribution in [2.24, 2.45) is 0 Å². The Morgan fingerprint density at radius 2 is 0.741 bits per heavy atom. The van der Waals surface area contributed by atoms with Gasteiger partial charge in [0.2, 0.25) is 0 Å². The van der Waals surface area contributed by atoms with Gasteiger partial charge in [-0.15, -0.1) is 0 Å². The maximum absolute atomic E-state index is 15.4. The van der Waals surface area contributed by atoms with Crippen LogP contribution in [0.25, 0.3) is 66.8 Å². The molecule has 0 bridgehead atoms. The molecule has 0 aliphatic carbocycles. The van der Waals surface area contributed by atoms with E-state index in [0.29, 0.717) is 28.6 Å². The molecule has 0 fully saturated rings. The number of aromatic nitrogens is 3. The molecule has 4 nitrogen and oxygen atoms in total.